The molecule has 0 radical (unpaired) electrons. The second kappa shape index (κ2) is 7.89. The molecule has 0 bridgehead atoms. The van der Waals surface area contributed by atoms with Crippen molar-refractivity contribution in [1.82, 2.24) is 9.21 Å². The summed E-state index contributed by atoms with van der Waals surface area (Å²) in [5.41, 5.74) is 1.88. The minimum absolute atomic E-state index is 0.0498. The lowest BCUT2D eigenvalue weighted by Crippen LogP contribution is -2.50. The van der Waals surface area contributed by atoms with E-state index in [0.717, 1.165) is 17.2 Å². The van der Waals surface area contributed by atoms with Crippen LogP contribution >= 0.6 is 0 Å². The van der Waals surface area contributed by atoms with Crippen LogP contribution in [0.1, 0.15) is 21.5 Å². The molecule has 6 nitrogen and oxygen atoms in total. The van der Waals surface area contributed by atoms with Gasteiger partial charge in [-0.2, -0.15) is 4.31 Å². The second-order valence-corrected chi connectivity index (χ2v) is 8.73. The van der Waals surface area contributed by atoms with Crippen LogP contribution in [-0.4, -0.2) is 56.8 Å². The largest absolute Gasteiger partial charge is 0.497 e. The van der Waals surface area contributed by atoms with Gasteiger partial charge in [-0.05, 0) is 49.2 Å². The third-order valence-electron chi connectivity index (χ3n) is 5.05. The number of piperazine rings is 1. The van der Waals surface area contributed by atoms with Crippen LogP contribution in [0.2, 0.25) is 0 Å². The Kier molecular flexibility index (Phi) is 5.71. The number of benzene rings is 2. The van der Waals surface area contributed by atoms with E-state index in [9.17, 15) is 17.6 Å². The Morgan fingerprint density at radius 3 is 2.25 bits per heavy atom. The first-order valence-corrected chi connectivity index (χ1v) is 10.4. The van der Waals surface area contributed by atoms with Crippen molar-refractivity contribution in [2.75, 3.05) is 33.3 Å². The summed E-state index contributed by atoms with van der Waals surface area (Å²) < 4.78 is 46.2. The highest BCUT2D eigenvalue weighted by Gasteiger charge is 2.31. The molecule has 1 heterocycles. The van der Waals surface area contributed by atoms with Gasteiger partial charge in [-0.15, -0.1) is 0 Å². The fraction of sp³-hybridized carbons (Fsp3) is 0.350. The second-order valence-electron chi connectivity index (χ2n) is 6.79. The number of aryl methyl sites for hydroxylation is 2. The number of nitrogens with zero attached hydrogens (tertiary/aromatic N) is 2. The van der Waals surface area contributed by atoms with Crippen LogP contribution in [0, 0.1) is 19.7 Å². The number of amides is 1. The topological polar surface area (TPSA) is 66.9 Å². The van der Waals surface area contributed by atoms with Crippen molar-refractivity contribution < 1.29 is 22.3 Å². The Morgan fingerprint density at radius 1 is 1.00 bits per heavy atom. The van der Waals surface area contributed by atoms with Gasteiger partial charge in [-0.3, -0.25) is 4.79 Å². The number of hydrogen-bond acceptors (Lipinski definition) is 4. The molecule has 1 saturated heterocycles. The van der Waals surface area contributed by atoms with E-state index in [1.807, 2.05) is 13.8 Å². The zero-order valence-corrected chi connectivity index (χ0v) is 16.9. The predicted octanol–water partition coefficient (Wildman–Crippen LogP) is 2.60. The Hall–Kier alpha value is -2.45. The molecule has 0 unspecified atom stereocenters. The van der Waals surface area contributed by atoms with Gasteiger partial charge in [-0.1, -0.05) is 6.07 Å². The van der Waals surface area contributed by atoms with Gasteiger partial charge in [0.15, 0.2) is 0 Å². The predicted molar refractivity (Wildman–Crippen MR) is 104 cm³/mol. The lowest BCUT2D eigenvalue weighted by atomic mass is 10.1. The van der Waals surface area contributed by atoms with Gasteiger partial charge in [0.2, 0.25) is 10.0 Å². The van der Waals surface area contributed by atoms with E-state index in [1.54, 1.807) is 18.2 Å². The molecular weight excluding hydrogens is 383 g/mol. The zero-order chi connectivity index (χ0) is 20.5. The van der Waals surface area contributed by atoms with E-state index >= 15 is 0 Å². The van der Waals surface area contributed by atoms with Gasteiger partial charge in [0.05, 0.1) is 17.6 Å². The quantitative estimate of drug-likeness (QED) is 0.783. The summed E-state index contributed by atoms with van der Waals surface area (Å²) in [5, 5.41) is 0. The third-order valence-corrected chi connectivity index (χ3v) is 6.94. The van der Waals surface area contributed by atoms with Crippen molar-refractivity contribution in [1.29, 1.82) is 0 Å². The van der Waals surface area contributed by atoms with E-state index < -0.39 is 21.7 Å². The lowest BCUT2D eigenvalue weighted by molar-refractivity contribution is 0.0693. The molecule has 1 amide bonds. The van der Waals surface area contributed by atoms with Crippen LogP contribution in [0.5, 0.6) is 5.75 Å². The van der Waals surface area contributed by atoms with E-state index in [2.05, 4.69) is 0 Å². The molecule has 0 aliphatic carbocycles. The molecule has 2 aromatic carbocycles. The molecule has 1 fully saturated rings. The molecule has 3 rings (SSSR count). The van der Waals surface area contributed by atoms with Gasteiger partial charge in [0.25, 0.3) is 5.91 Å². The minimum Gasteiger partial charge on any atom is -0.497 e. The maximum absolute atomic E-state index is 14.2. The minimum atomic E-state index is -3.63. The summed E-state index contributed by atoms with van der Waals surface area (Å²) in [6.45, 7) is 4.53. The molecule has 28 heavy (non-hydrogen) atoms. The van der Waals surface area contributed by atoms with E-state index in [4.69, 9.17) is 4.74 Å². The fourth-order valence-electron chi connectivity index (χ4n) is 3.12. The first kappa shape index (κ1) is 20.3. The van der Waals surface area contributed by atoms with Gasteiger partial charge in [-0.25, -0.2) is 12.8 Å². The average Bonchev–Trinajstić information content (AvgIpc) is 2.69. The van der Waals surface area contributed by atoms with Crippen LogP contribution in [-0.2, 0) is 10.0 Å². The van der Waals surface area contributed by atoms with Gasteiger partial charge in [0, 0.05) is 32.2 Å². The summed E-state index contributed by atoms with van der Waals surface area (Å²) in [6.07, 6.45) is 0. The maximum atomic E-state index is 14.2. The highest BCUT2D eigenvalue weighted by Crippen LogP contribution is 2.22. The molecule has 0 aromatic heterocycles. The monoisotopic (exact) mass is 406 g/mol. The first-order valence-electron chi connectivity index (χ1n) is 8.94. The van der Waals surface area contributed by atoms with Crippen LogP contribution in [0.3, 0.4) is 0 Å². The number of halogens is 1. The lowest BCUT2D eigenvalue weighted by Gasteiger charge is -2.34. The summed E-state index contributed by atoms with van der Waals surface area (Å²) >= 11 is 0. The number of hydrogen-bond donors (Lipinski definition) is 0. The van der Waals surface area contributed by atoms with Crippen molar-refractivity contribution in [3.8, 4) is 5.75 Å². The molecule has 1 aliphatic rings. The zero-order valence-electron chi connectivity index (χ0n) is 16.1. The van der Waals surface area contributed by atoms with E-state index in [0.29, 0.717) is 5.75 Å². The molecule has 1 aliphatic heterocycles. The van der Waals surface area contributed by atoms with Crippen LogP contribution in [0.15, 0.2) is 41.3 Å². The number of methoxy groups -OCH3 is 1. The van der Waals surface area contributed by atoms with Crippen LogP contribution in [0.25, 0.3) is 0 Å². The highest BCUT2D eigenvalue weighted by molar-refractivity contribution is 7.89. The average molecular weight is 406 g/mol. The fourth-order valence-corrected chi connectivity index (χ4v) is 4.63. The highest BCUT2D eigenvalue weighted by atomic mass is 32.2. The number of ether oxygens (including phenoxy) is 1. The summed E-state index contributed by atoms with van der Waals surface area (Å²) in [7, 11) is -2.21. The Balaban J connectivity index is 1.71. The standard InChI is InChI=1S/C20H23FN2O4S/c1-14-4-6-17(12-15(14)2)28(25,26)23-10-8-22(9-11-23)20(24)18-7-5-16(27-3)13-19(18)21/h4-7,12-13H,8-11H2,1-3H3. The Labute approximate surface area is 164 Å². The van der Waals surface area contributed by atoms with Gasteiger partial charge < -0.3 is 9.64 Å². The van der Waals surface area contributed by atoms with Crippen molar-refractivity contribution in [2.24, 2.45) is 0 Å². The SMILES string of the molecule is COc1ccc(C(=O)N2CCN(S(=O)(=O)c3ccc(C)c(C)c3)CC2)c(F)c1. The first-order chi connectivity index (χ1) is 13.2. The molecule has 0 N–H and O–H groups in total. The van der Waals surface area contributed by atoms with E-state index in [-0.39, 0.29) is 36.6 Å². The smallest absolute Gasteiger partial charge is 0.256 e. The van der Waals surface area contributed by atoms with Gasteiger partial charge in [0.1, 0.15) is 11.6 Å². The van der Waals surface area contributed by atoms with Crippen LogP contribution < -0.4 is 4.74 Å². The summed E-state index contributed by atoms with van der Waals surface area (Å²) in [5.74, 6) is -0.781. The Morgan fingerprint density at radius 2 is 1.68 bits per heavy atom. The molecular formula is C20H23FN2O4S. The van der Waals surface area contributed by atoms with Crippen molar-refractivity contribution >= 4 is 15.9 Å². The molecule has 0 atom stereocenters. The number of carbonyl (C=O) groups is 1. The van der Waals surface area contributed by atoms with Crippen LogP contribution in [0.4, 0.5) is 4.39 Å². The van der Waals surface area contributed by atoms with E-state index in [1.165, 1.54) is 28.4 Å². The molecule has 8 heteroatoms. The van der Waals surface area contributed by atoms with Gasteiger partial charge >= 0.3 is 0 Å². The van der Waals surface area contributed by atoms with Crippen molar-refractivity contribution in [3.05, 3.63) is 58.9 Å². The molecule has 0 spiro atoms. The molecule has 150 valence electrons. The third kappa shape index (κ3) is 3.88. The molecule has 0 saturated carbocycles. The van der Waals surface area contributed by atoms with Crippen molar-refractivity contribution in [2.45, 2.75) is 18.7 Å². The molecule has 2 aromatic rings. The number of carbonyl (C=O) groups excluding carboxylic acids is 1. The number of sulfonamides is 1. The Bertz CT molecular complexity index is 999. The van der Waals surface area contributed by atoms with Crippen molar-refractivity contribution in [3.63, 3.8) is 0 Å². The maximum Gasteiger partial charge on any atom is 0.256 e. The number of rotatable bonds is 4. The normalized spacial score (nSPS) is 15.5. The summed E-state index contributed by atoms with van der Waals surface area (Å²) in [4.78, 5) is 14.3. The summed E-state index contributed by atoms with van der Waals surface area (Å²) in [6, 6.07) is 9.12.